The summed E-state index contributed by atoms with van der Waals surface area (Å²) < 4.78 is 0. The molecule has 0 saturated carbocycles. The summed E-state index contributed by atoms with van der Waals surface area (Å²) in [5.41, 5.74) is 2.17. The van der Waals surface area contributed by atoms with Crippen molar-refractivity contribution in [2.24, 2.45) is 5.92 Å². The van der Waals surface area contributed by atoms with Crippen LogP contribution >= 0.6 is 11.3 Å². The fourth-order valence-corrected chi connectivity index (χ4v) is 2.67. The second kappa shape index (κ2) is 5.95. The molecule has 1 aromatic rings. The van der Waals surface area contributed by atoms with Gasteiger partial charge in [-0.25, -0.2) is 4.98 Å². The van der Waals surface area contributed by atoms with E-state index >= 15 is 0 Å². The van der Waals surface area contributed by atoms with E-state index in [4.69, 9.17) is 0 Å². The van der Waals surface area contributed by atoms with Gasteiger partial charge in [-0.3, -0.25) is 9.59 Å². The molecular formula is C12H17N3O2S. The Morgan fingerprint density at radius 1 is 1.50 bits per heavy atom. The van der Waals surface area contributed by atoms with Gasteiger partial charge < -0.3 is 10.2 Å². The number of aromatic nitrogens is 1. The zero-order valence-electron chi connectivity index (χ0n) is 10.4. The molecule has 0 unspecified atom stereocenters. The Labute approximate surface area is 110 Å². The summed E-state index contributed by atoms with van der Waals surface area (Å²) >= 11 is 1.42. The highest BCUT2D eigenvalue weighted by Gasteiger charge is 2.27. The minimum atomic E-state index is -0.0226. The van der Waals surface area contributed by atoms with Gasteiger partial charge in [0.2, 0.25) is 5.91 Å². The monoisotopic (exact) mass is 267 g/mol. The number of nitrogens with one attached hydrogen (secondary N) is 1. The molecule has 1 N–H and O–H groups in total. The predicted octanol–water partition coefficient (Wildman–Crippen LogP) is 1.13. The van der Waals surface area contributed by atoms with Crippen molar-refractivity contribution in [2.45, 2.75) is 19.8 Å². The average Bonchev–Trinajstić information content (AvgIpc) is 2.92. The normalized spacial score (nSPS) is 16.6. The number of rotatable bonds is 3. The molecule has 1 aliphatic heterocycles. The van der Waals surface area contributed by atoms with E-state index in [1.165, 1.54) is 11.3 Å². The number of hydrogen-bond donors (Lipinski definition) is 1. The lowest BCUT2D eigenvalue weighted by Gasteiger charge is -2.30. The van der Waals surface area contributed by atoms with Gasteiger partial charge in [-0.1, -0.05) is 0 Å². The minimum absolute atomic E-state index is 0.0226. The van der Waals surface area contributed by atoms with Crippen molar-refractivity contribution < 1.29 is 9.59 Å². The van der Waals surface area contributed by atoms with Crippen molar-refractivity contribution in [2.75, 3.05) is 19.6 Å². The van der Waals surface area contributed by atoms with Crippen LogP contribution < -0.4 is 5.32 Å². The molecule has 0 atom stereocenters. The summed E-state index contributed by atoms with van der Waals surface area (Å²) in [5, 5.41) is 4.60. The molecule has 1 aliphatic rings. The number of thiazole rings is 1. The maximum Gasteiger partial charge on any atom is 0.273 e. The molecule has 5 nitrogen and oxygen atoms in total. The standard InChI is InChI=1S/C12H17N3O2S/c1-2-13-11(16)9-3-5-15(6-4-9)12(17)10-7-18-8-14-10/h7-9H,2-6H2,1H3,(H,13,16). The van der Waals surface area contributed by atoms with Crippen LogP contribution in [0.4, 0.5) is 0 Å². The van der Waals surface area contributed by atoms with Crippen molar-refractivity contribution in [1.82, 2.24) is 15.2 Å². The quantitative estimate of drug-likeness (QED) is 0.893. The third kappa shape index (κ3) is 2.87. The van der Waals surface area contributed by atoms with Gasteiger partial charge in [0.15, 0.2) is 0 Å². The lowest BCUT2D eigenvalue weighted by Crippen LogP contribution is -2.43. The van der Waals surface area contributed by atoms with Crippen molar-refractivity contribution in [3.63, 3.8) is 0 Å². The molecule has 0 aromatic carbocycles. The van der Waals surface area contributed by atoms with Crippen LogP contribution in [0.25, 0.3) is 0 Å². The van der Waals surface area contributed by atoms with Crippen LogP contribution in [0.1, 0.15) is 30.3 Å². The number of carbonyl (C=O) groups is 2. The summed E-state index contributed by atoms with van der Waals surface area (Å²) in [7, 11) is 0. The molecule has 1 saturated heterocycles. The summed E-state index contributed by atoms with van der Waals surface area (Å²) in [5.74, 6) is 0.133. The van der Waals surface area contributed by atoms with Crippen LogP contribution in [0.15, 0.2) is 10.9 Å². The van der Waals surface area contributed by atoms with E-state index in [9.17, 15) is 9.59 Å². The Bertz CT molecular complexity index is 411. The molecule has 2 rings (SSSR count). The maximum atomic E-state index is 12.0. The molecule has 6 heteroatoms. The smallest absolute Gasteiger partial charge is 0.273 e. The van der Waals surface area contributed by atoms with Gasteiger partial charge in [0.1, 0.15) is 5.69 Å². The van der Waals surface area contributed by atoms with E-state index in [2.05, 4.69) is 10.3 Å². The Morgan fingerprint density at radius 2 is 2.22 bits per heavy atom. The first-order valence-corrected chi connectivity index (χ1v) is 7.11. The second-order valence-corrected chi connectivity index (χ2v) is 5.05. The molecule has 0 radical (unpaired) electrons. The van der Waals surface area contributed by atoms with E-state index in [-0.39, 0.29) is 17.7 Å². The first-order chi connectivity index (χ1) is 8.72. The summed E-state index contributed by atoms with van der Waals surface area (Å²) in [4.78, 5) is 29.5. The van der Waals surface area contributed by atoms with Gasteiger partial charge in [0, 0.05) is 30.9 Å². The molecule has 1 fully saturated rings. The van der Waals surface area contributed by atoms with E-state index in [1.54, 1.807) is 15.8 Å². The van der Waals surface area contributed by atoms with Crippen LogP contribution in [-0.4, -0.2) is 41.3 Å². The fraction of sp³-hybridized carbons (Fsp3) is 0.583. The Kier molecular flexibility index (Phi) is 4.30. The molecule has 2 amide bonds. The van der Waals surface area contributed by atoms with Gasteiger partial charge in [0.05, 0.1) is 5.51 Å². The molecule has 0 aliphatic carbocycles. The van der Waals surface area contributed by atoms with E-state index in [0.717, 1.165) is 12.8 Å². The van der Waals surface area contributed by atoms with Crippen molar-refractivity contribution in [1.29, 1.82) is 0 Å². The van der Waals surface area contributed by atoms with E-state index < -0.39 is 0 Å². The van der Waals surface area contributed by atoms with Crippen LogP contribution in [0.3, 0.4) is 0 Å². The van der Waals surface area contributed by atoms with E-state index in [0.29, 0.717) is 25.3 Å². The maximum absolute atomic E-state index is 12.0. The lowest BCUT2D eigenvalue weighted by atomic mass is 9.96. The third-order valence-electron chi connectivity index (χ3n) is 3.16. The number of amides is 2. The SMILES string of the molecule is CCNC(=O)C1CCN(C(=O)c2cscn2)CC1. The molecule has 1 aromatic heterocycles. The zero-order chi connectivity index (χ0) is 13.0. The molecule has 18 heavy (non-hydrogen) atoms. The molecular weight excluding hydrogens is 250 g/mol. The van der Waals surface area contributed by atoms with Gasteiger partial charge in [-0.15, -0.1) is 11.3 Å². The Morgan fingerprint density at radius 3 is 2.78 bits per heavy atom. The number of hydrogen-bond acceptors (Lipinski definition) is 4. The van der Waals surface area contributed by atoms with Crippen LogP contribution in [0.2, 0.25) is 0 Å². The first kappa shape index (κ1) is 13.0. The number of nitrogens with zero attached hydrogens (tertiary/aromatic N) is 2. The average molecular weight is 267 g/mol. The van der Waals surface area contributed by atoms with E-state index in [1.807, 2.05) is 6.92 Å². The van der Waals surface area contributed by atoms with Crippen molar-refractivity contribution in [3.8, 4) is 0 Å². The van der Waals surface area contributed by atoms with Gasteiger partial charge >= 0.3 is 0 Å². The van der Waals surface area contributed by atoms with Crippen LogP contribution in [-0.2, 0) is 4.79 Å². The van der Waals surface area contributed by atoms with Crippen molar-refractivity contribution >= 4 is 23.2 Å². The number of likely N-dealkylation sites (tertiary alicyclic amines) is 1. The molecule has 0 spiro atoms. The topological polar surface area (TPSA) is 62.3 Å². The highest BCUT2D eigenvalue weighted by atomic mass is 32.1. The summed E-state index contributed by atoms with van der Waals surface area (Å²) in [6.07, 6.45) is 1.48. The number of piperidine rings is 1. The van der Waals surface area contributed by atoms with Gasteiger partial charge in [-0.2, -0.15) is 0 Å². The molecule has 98 valence electrons. The minimum Gasteiger partial charge on any atom is -0.356 e. The van der Waals surface area contributed by atoms with Crippen molar-refractivity contribution in [3.05, 3.63) is 16.6 Å². The molecule has 2 heterocycles. The van der Waals surface area contributed by atoms with Gasteiger partial charge in [0.25, 0.3) is 5.91 Å². The lowest BCUT2D eigenvalue weighted by molar-refractivity contribution is -0.126. The highest BCUT2D eigenvalue weighted by molar-refractivity contribution is 7.07. The first-order valence-electron chi connectivity index (χ1n) is 6.17. The fourth-order valence-electron chi connectivity index (χ4n) is 2.14. The number of carbonyl (C=O) groups excluding carboxylic acids is 2. The third-order valence-corrected chi connectivity index (χ3v) is 3.74. The predicted molar refractivity (Wildman–Crippen MR) is 69.4 cm³/mol. The van der Waals surface area contributed by atoms with Crippen LogP contribution in [0.5, 0.6) is 0 Å². The van der Waals surface area contributed by atoms with Crippen LogP contribution in [0, 0.1) is 5.92 Å². The zero-order valence-corrected chi connectivity index (χ0v) is 11.2. The summed E-state index contributed by atoms with van der Waals surface area (Å²) in [6, 6.07) is 0. The molecule has 0 bridgehead atoms. The Balaban J connectivity index is 1.87. The largest absolute Gasteiger partial charge is 0.356 e. The Hall–Kier alpha value is -1.43. The summed E-state index contributed by atoms with van der Waals surface area (Å²) in [6.45, 7) is 3.85. The highest BCUT2D eigenvalue weighted by Crippen LogP contribution is 2.19. The second-order valence-electron chi connectivity index (χ2n) is 4.33. The van der Waals surface area contributed by atoms with Gasteiger partial charge in [-0.05, 0) is 19.8 Å².